The van der Waals surface area contributed by atoms with Gasteiger partial charge in [0.15, 0.2) is 5.13 Å². The molecule has 0 N–H and O–H groups in total. The van der Waals surface area contributed by atoms with E-state index in [1.165, 1.54) is 23.3 Å². The van der Waals surface area contributed by atoms with Gasteiger partial charge in [-0.15, -0.1) is 0 Å². The van der Waals surface area contributed by atoms with Gasteiger partial charge in [0.25, 0.3) is 17.3 Å². The van der Waals surface area contributed by atoms with Crippen molar-refractivity contribution in [3.63, 3.8) is 0 Å². The number of nitro groups is 2. The van der Waals surface area contributed by atoms with Crippen LogP contribution in [0.25, 0.3) is 10.2 Å². The first-order chi connectivity index (χ1) is 15.2. The zero-order chi connectivity index (χ0) is 23.4. The number of carbonyl (C=O) groups is 1. The van der Waals surface area contributed by atoms with Crippen LogP contribution in [0.5, 0.6) is 5.75 Å². The molecule has 12 heteroatoms. The van der Waals surface area contributed by atoms with E-state index in [1.54, 1.807) is 6.07 Å². The smallest absolute Gasteiger partial charge is 0.277 e. The first-order valence-corrected chi connectivity index (χ1v) is 10.4. The molecule has 1 heterocycles. The largest absolute Gasteiger partial charge is 0.494 e. The second kappa shape index (κ2) is 9.66. The Morgan fingerprint density at radius 1 is 1.09 bits per heavy atom. The predicted octanol–water partition coefficient (Wildman–Crippen LogP) is 3.72. The van der Waals surface area contributed by atoms with Gasteiger partial charge in [0, 0.05) is 18.7 Å². The molecule has 2 aromatic carbocycles. The molecule has 11 nitrogen and oxygen atoms in total. The lowest BCUT2D eigenvalue weighted by Gasteiger charge is -2.21. The van der Waals surface area contributed by atoms with Gasteiger partial charge >= 0.3 is 0 Å². The number of ether oxygens (including phenoxy) is 1. The minimum absolute atomic E-state index is 0.151. The molecule has 32 heavy (non-hydrogen) atoms. The van der Waals surface area contributed by atoms with E-state index in [1.807, 2.05) is 31.1 Å². The summed E-state index contributed by atoms with van der Waals surface area (Å²) in [5, 5.41) is 22.9. The molecular weight excluding hydrogens is 438 g/mol. The number of nitrogens with zero attached hydrogens (tertiary/aromatic N) is 5. The van der Waals surface area contributed by atoms with Crippen molar-refractivity contribution in [2.45, 2.75) is 6.42 Å². The van der Waals surface area contributed by atoms with E-state index < -0.39 is 27.1 Å². The van der Waals surface area contributed by atoms with Gasteiger partial charge in [-0.25, -0.2) is 4.98 Å². The fourth-order valence-electron chi connectivity index (χ4n) is 3.11. The molecule has 0 bridgehead atoms. The zero-order valence-electron chi connectivity index (χ0n) is 17.7. The molecule has 0 radical (unpaired) electrons. The van der Waals surface area contributed by atoms with Gasteiger partial charge in [-0.1, -0.05) is 17.4 Å². The predicted molar refractivity (Wildman–Crippen MR) is 121 cm³/mol. The van der Waals surface area contributed by atoms with Crippen molar-refractivity contribution in [3.8, 4) is 5.75 Å². The van der Waals surface area contributed by atoms with Crippen LogP contribution in [0.1, 0.15) is 16.8 Å². The summed E-state index contributed by atoms with van der Waals surface area (Å²) >= 11 is 1.27. The highest BCUT2D eigenvalue weighted by atomic mass is 32.1. The second-order valence-electron chi connectivity index (χ2n) is 7.17. The first kappa shape index (κ1) is 23.0. The Morgan fingerprint density at radius 3 is 2.31 bits per heavy atom. The number of thiazole rings is 1. The second-order valence-corrected chi connectivity index (χ2v) is 8.18. The maximum absolute atomic E-state index is 13.4. The number of carbonyl (C=O) groups excluding carboxylic acids is 1. The van der Waals surface area contributed by atoms with E-state index in [0.29, 0.717) is 29.4 Å². The normalized spacial score (nSPS) is 11.0. The number of rotatable bonds is 9. The van der Waals surface area contributed by atoms with E-state index >= 15 is 0 Å². The third-order valence-electron chi connectivity index (χ3n) is 4.62. The summed E-state index contributed by atoms with van der Waals surface area (Å²) in [7, 11) is 5.33. The molecule has 1 amide bonds. The Hall–Kier alpha value is -3.64. The highest BCUT2D eigenvalue weighted by molar-refractivity contribution is 7.22. The lowest BCUT2D eigenvalue weighted by atomic mass is 10.1. The van der Waals surface area contributed by atoms with Gasteiger partial charge in [0.1, 0.15) is 11.3 Å². The number of benzene rings is 2. The SMILES string of the molecule is COc1cccc2sc(N(CCCN(C)C)C(=O)c3cc([N+](=O)[O-])cc([N+](=O)[O-])c3)nc12. The van der Waals surface area contributed by atoms with Crippen LogP contribution < -0.4 is 9.64 Å². The van der Waals surface area contributed by atoms with Gasteiger partial charge < -0.3 is 9.64 Å². The average molecular weight is 459 g/mol. The van der Waals surface area contributed by atoms with Crippen molar-refractivity contribution < 1.29 is 19.4 Å². The van der Waals surface area contributed by atoms with Gasteiger partial charge in [-0.2, -0.15) is 0 Å². The standard InChI is InChI=1S/C20H21N5O6S/c1-22(2)8-5-9-23(20-21-18-16(31-3)6-4-7-17(18)32-20)19(26)13-10-14(24(27)28)12-15(11-13)25(29)30/h4,6-7,10-12H,5,8-9H2,1-3H3. The number of amides is 1. The average Bonchev–Trinajstić information content (AvgIpc) is 3.19. The van der Waals surface area contributed by atoms with Crippen LogP contribution in [-0.2, 0) is 0 Å². The molecule has 0 aliphatic rings. The van der Waals surface area contributed by atoms with Crippen molar-refractivity contribution in [3.05, 3.63) is 62.2 Å². The van der Waals surface area contributed by atoms with Crippen LogP contribution in [0.2, 0.25) is 0 Å². The topological polar surface area (TPSA) is 132 Å². The molecule has 3 aromatic rings. The van der Waals surface area contributed by atoms with Gasteiger partial charge in [0.2, 0.25) is 0 Å². The van der Waals surface area contributed by atoms with E-state index in [-0.39, 0.29) is 12.1 Å². The lowest BCUT2D eigenvalue weighted by molar-refractivity contribution is -0.394. The Balaban J connectivity index is 2.07. The fraction of sp³-hybridized carbons (Fsp3) is 0.300. The van der Waals surface area contributed by atoms with Crippen molar-refractivity contribution in [2.75, 3.05) is 39.2 Å². The number of non-ortho nitro benzene ring substituents is 2. The van der Waals surface area contributed by atoms with Crippen LogP contribution in [0.15, 0.2) is 36.4 Å². The quantitative estimate of drug-likeness (QED) is 0.349. The van der Waals surface area contributed by atoms with Crippen LogP contribution >= 0.6 is 11.3 Å². The molecule has 0 atom stereocenters. The Labute approximate surface area is 187 Å². The van der Waals surface area contributed by atoms with Crippen LogP contribution in [0, 0.1) is 20.2 Å². The highest BCUT2D eigenvalue weighted by Gasteiger charge is 2.26. The van der Waals surface area contributed by atoms with Gasteiger partial charge in [-0.05, 0) is 39.2 Å². The number of hydrogen-bond donors (Lipinski definition) is 0. The summed E-state index contributed by atoms with van der Waals surface area (Å²) in [6.07, 6.45) is 0.600. The van der Waals surface area contributed by atoms with E-state index in [2.05, 4.69) is 4.98 Å². The van der Waals surface area contributed by atoms with Crippen LogP contribution in [-0.4, -0.2) is 59.9 Å². The summed E-state index contributed by atoms with van der Waals surface area (Å²) in [5.74, 6) is -0.0507. The van der Waals surface area contributed by atoms with Crippen molar-refractivity contribution >= 4 is 44.0 Å². The minimum Gasteiger partial charge on any atom is -0.494 e. The molecule has 0 fully saturated rings. The zero-order valence-corrected chi connectivity index (χ0v) is 18.5. The third-order valence-corrected chi connectivity index (χ3v) is 5.67. The summed E-state index contributed by atoms with van der Waals surface area (Å²) in [6, 6.07) is 8.33. The van der Waals surface area contributed by atoms with Gasteiger partial charge in [-0.3, -0.25) is 29.9 Å². The van der Waals surface area contributed by atoms with Crippen molar-refractivity contribution in [2.24, 2.45) is 0 Å². The van der Waals surface area contributed by atoms with Crippen LogP contribution in [0.4, 0.5) is 16.5 Å². The number of nitro benzene ring substituents is 2. The fourth-order valence-corrected chi connectivity index (χ4v) is 4.11. The lowest BCUT2D eigenvalue weighted by Crippen LogP contribution is -2.33. The highest BCUT2D eigenvalue weighted by Crippen LogP contribution is 2.35. The molecule has 168 valence electrons. The monoisotopic (exact) mass is 459 g/mol. The molecule has 1 aromatic heterocycles. The summed E-state index contributed by atoms with van der Waals surface area (Å²) < 4.78 is 6.15. The number of fused-ring (bicyclic) bond motifs is 1. The Kier molecular flexibility index (Phi) is 6.95. The molecule has 0 saturated heterocycles. The summed E-state index contributed by atoms with van der Waals surface area (Å²) in [6.45, 7) is 0.961. The van der Waals surface area contributed by atoms with E-state index in [9.17, 15) is 25.0 Å². The Morgan fingerprint density at radius 2 is 1.75 bits per heavy atom. The number of hydrogen-bond acceptors (Lipinski definition) is 9. The maximum atomic E-state index is 13.4. The number of aromatic nitrogens is 1. The van der Waals surface area contributed by atoms with Crippen molar-refractivity contribution in [1.82, 2.24) is 9.88 Å². The van der Waals surface area contributed by atoms with Crippen molar-refractivity contribution in [1.29, 1.82) is 0 Å². The first-order valence-electron chi connectivity index (χ1n) is 9.55. The number of anilines is 1. The third kappa shape index (κ3) is 4.98. The van der Waals surface area contributed by atoms with Crippen LogP contribution in [0.3, 0.4) is 0 Å². The minimum atomic E-state index is -0.761. The summed E-state index contributed by atoms with van der Waals surface area (Å²) in [5.41, 5.74) is -0.615. The molecule has 0 aliphatic heterocycles. The van der Waals surface area contributed by atoms with Gasteiger partial charge in [0.05, 0.1) is 33.3 Å². The molecule has 0 unspecified atom stereocenters. The molecule has 0 saturated carbocycles. The molecule has 3 rings (SSSR count). The number of methoxy groups -OCH3 is 1. The molecule has 0 spiro atoms. The molecule has 0 aliphatic carbocycles. The number of para-hydroxylation sites is 1. The van der Waals surface area contributed by atoms with E-state index in [0.717, 1.165) is 22.9 Å². The summed E-state index contributed by atoms with van der Waals surface area (Å²) in [4.78, 5) is 42.3. The Bertz CT molecular complexity index is 1150. The molecular formula is C20H21N5O6S. The maximum Gasteiger partial charge on any atom is 0.277 e. The van der Waals surface area contributed by atoms with E-state index in [4.69, 9.17) is 4.74 Å².